The third kappa shape index (κ3) is 3.50. The molecule has 2 rings (SSSR count). The molecule has 2 aromatic heterocycles. The highest BCUT2D eigenvalue weighted by molar-refractivity contribution is 5.89. The molecule has 106 valence electrons. The van der Waals surface area contributed by atoms with Crippen LogP contribution in [0.4, 0.5) is 10.5 Å². The Balaban J connectivity index is 1.91. The Morgan fingerprint density at radius 3 is 2.70 bits per heavy atom. The average Bonchev–Trinajstić information content (AvgIpc) is 2.86. The SMILES string of the molecule is COc1ccc(NC(=O)N[C@@H](C)c2ccc(C)o2)cn1. The van der Waals surface area contributed by atoms with Crippen molar-refractivity contribution in [3.05, 3.63) is 42.0 Å². The van der Waals surface area contributed by atoms with Crippen LogP contribution < -0.4 is 15.4 Å². The first kappa shape index (κ1) is 13.9. The standard InChI is InChI=1S/C14H17N3O3/c1-9-4-6-12(20-9)10(2)16-14(18)17-11-5-7-13(19-3)15-8-11/h4-8,10H,1-3H3,(H2,16,17,18)/t10-/m0/s1. The molecule has 0 saturated heterocycles. The smallest absolute Gasteiger partial charge is 0.319 e. The summed E-state index contributed by atoms with van der Waals surface area (Å²) in [5.74, 6) is 2.02. The number of nitrogens with one attached hydrogen (secondary N) is 2. The van der Waals surface area contributed by atoms with Crippen molar-refractivity contribution in [3.8, 4) is 5.88 Å². The largest absolute Gasteiger partial charge is 0.481 e. The molecule has 20 heavy (non-hydrogen) atoms. The summed E-state index contributed by atoms with van der Waals surface area (Å²) >= 11 is 0. The monoisotopic (exact) mass is 275 g/mol. The van der Waals surface area contributed by atoms with Crippen molar-refractivity contribution in [3.63, 3.8) is 0 Å². The third-order valence-corrected chi connectivity index (χ3v) is 2.74. The minimum Gasteiger partial charge on any atom is -0.481 e. The van der Waals surface area contributed by atoms with Crippen LogP contribution in [-0.4, -0.2) is 18.1 Å². The number of rotatable bonds is 4. The molecule has 0 fully saturated rings. The summed E-state index contributed by atoms with van der Waals surface area (Å²) in [4.78, 5) is 15.8. The molecule has 1 atom stereocenters. The summed E-state index contributed by atoms with van der Waals surface area (Å²) < 4.78 is 10.4. The predicted octanol–water partition coefficient (Wildman–Crippen LogP) is 2.87. The summed E-state index contributed by atoms with van der Waals surface area (Å²) in [5, 5.41) is 5.47. The van der Waals surface area contributed by atoms with Gasteiger partial charge in [0.05, 0.1) is 25.0 Å². The lowest BCUT2D eigenvalue weighted by molar-refractivity contribution is 0.247. The minimum absolute atomic E-state index is 0.213. The maximum absolute atomic E-state index is 11.8. The number of furan rings is 1. The van der Waals surface area contributed by atoms with Crippen molar-refractivity contribution in [2.24, 2.45) is 0 Å². The number of hydrogen-bond donors (Lipinski definition) is 2. The maximum atomic E-state index is 11.8. The van der Waals surface area contributed by atoms with Crippen molar-refractivity contribution >= 4 is 11.7 Å². The lowest BCUT2D eigenvalue weighted by Crippen LogP contribution is -2.31. The van der Waals surface area contributed by atoms with Crippen molar-refractivity contribution in [2.75, 3.05) is 12.4 Å². The summed E-state index contributed by atoms with van der Waals surface area (Å²) in [6, 6.07) is 6.56. The van der Waals surface area contributed by atoms with Crippen LogP contribution in [0.2, 0.25) is 0 Å². The van der Waals surface area contributed by atoms with Crippen LogP contribution in [0, 0.1) is 6.92 Å². The van der Waals surface area contributed by atoms with Gasteiger partial charge < -0.3 is 19.8 Å². The number of anilines is 1. The molecule has 2 aromatic rings. The number of carbonyl (C=O) groups excluding carboxylic acids is 1. The molecule has 6 nitrogen and oxygen atoms in total. The quantitative estimate of drug-likeness (QED) is 0.899. The van der Waals surface area contributed by atoms with Crippen LogP contribution in [0.5, 0.6) is 5.88 Å². The van der Waals surface area contributed by atoms with Gasteiger partial charge in [0.15, 0.2) is 0 Å². The van der Waals surface area contributed by atoms with E-state index in [2.05, 4.69) is 15.6 Å². The third-order valence-electron chi connectivity index (χ3n) is 2.74. The zero-order valence-corrected chi connectivity index (χ0v) is 11.6. The van der Waals surface area contributed by atoms with Crippen molar-refractivity contribution in [2.45, 2.75) is 19.9 Å². The number of amides is 2. The average molecular weight is 275 g/mol. The van der Waals surface area contributed by atoms with E-state index in [9.17, 15) is 4.79 Å². The lowest BCUT2D eigenvalue weighted by atomic mass is 10.2. The Hall–Kier alpha value is -2.50. The van der Waals surface area contributed by atoms with E-state index in [1.807, 2.05) is 26.0 Å². The van der Waals surface area contributed by atoms with E-state index in [0.29, 0.717) is 17.3 Å². The Morgan fingerprint density at radius 1 is 1.35 bits per heavy atom. The second-order valence-electron chi connectivity index (χ2n) is 4.36. The number of aromatic nitrogens is 1. The van der Waals surface area contributed by atoms with E-state index in [4.69, 9.17) is 9.15 Å². The van der Waals surface area contributed by atoms with Gasteiger partial charge in [-0.2, -0.15) is 0 Å². The van der Waals surface area contributed by atoms with Gasteiger partial charge in [-0.1, -0.05) is 0 Å². The van der Waals surface area contributed by atoms with Crippen LogP contribution >= 0.6 is 0 Å². The normalized spacial score (nSPS) is 11.8. The van der Waals surface area contributed by atoms with Crippen molar-refractivity contribution in [1.29, 1.82) is 0 Å². The molecule has 6 heteroatoms. The highest BCUT2D eigenvalue weighted by Crippen LogP contribution is 2.16. The molecule has 2 amide bonds. The fraction of sp³-hybridized carbons (Fsp3) is 0.286. The second kappa shape index (κ2) is 6.10. The van der Waals surface area contributed by atoms with Crippen molar-refractivity contribution < 1.29 is 13.9 Å². The zero-order chi connectivity index (χ0) is 14.5. The Morgan fingerprint density at radius 2 is 2.15 bits per heavy atom. The number of methoxy groups -OCH3 is 1. The summed E-state index contributed by atoms with van der Waals surface area (Å²) in [5.41, 5.74) is 0.589. The first-order valence-electron chi connectivity index (χ1n) is 6.22. The lowest BCUT2D eigenvalue weighted by Gasteiger charge is -2.12. The van der Waals surface area contributed by atoms with E-state index >= 15 is 0 Å². The molecular weight excluding hydrogens is 258 g/mol. The minimum atomic E-state index is -0.321. The molecule has 0 aliphatic rings. The van der Waals surface area contributed by atoms with Gasteiger partial charge in [-0.3, -0.25) is 0 Å². The van der Waals surface area contributed by atoms with E-state index < -0.39 is 0 Å². The number of ether oxygens (including phenoxy) is 1. The molecular formula is C14H17N3O3. The molecule has 0 radical (unpaired) electrons. The number of nitrogens with zero attached hydrogens (tertiary/aromatic N) is 1. The van der Waals surface area contributed by atoms with Crippen LogP contribution in [-0.2, 0) is 0 Å². The fourth-order valence-corrected chi connectivity index (χ4v) is 1.70. The summed E-state index contributed by atoms with van der Waals surface area (Å²) in [6.45, 7) is 3.71. The predicted molar refractivity (Wildman–Crippen MR) is 74.8 cm³/mol. The molecule has 2 N–H and O–H groups in total. The first-order chi connectivity index (χ1) is 9.58. The Bertz CT molecular complexity index is 578. The van der Waals surface area contributed by atoms with Crippen LogP contribution in [0.1, 0.15) is 24.5 Å². The topological polar surface area (TPSA) is 76.4 Å². The fourth-order valence-electron chi connectivity index (χ4n) is 1.70. The van der Waals surface area contributed by atoms with Crippen LogP contribution in [0.15, 0.2) is 34.9 Å². The van der Waals surface area contributed by atoms with Gasteiger partial charge in [-0.25, -0.2) is 9.78 Å². The van der Waals surface area contributed by atoms with Gasteiger partial charge in [0.1, 0.15) is 11.5 Å². The van der Waals surface area contributed by atoms with Gasteiger partial charge in [-0.15, -0.1) is 0 Å². The summed E-state index contributed by atoms with van der Waals surface area (Å²) in [7, 11) is 1.54. The zero-order valence-electron chi connectivity index (χ0n) is 11.6. The second-order valence-corrected chi connectivity index (χ2v) is 4.36. The number of aryl methyl sites for hydroxylation is 1. The molecule has 0 spiro atoms. The van der Waals surface area contributed by atoms with Gasteiger partial charge in [0.25, 0.3) is 0 Å². The number of hydrogen-bond acceptors (Lipinski definition) is 4. The highest BCUT2D eigenvalue weighted by atomic mass is 16.5. The van der Waals surface area contributed by atoms with E-state index in [0.717, 1.165) is 5.76 Å². The van der Waals surface area contributed by atoms with Gasteiger partial charge >= 0.3 is 6.03 Å². The number of carbonyl (C=O) groups is 1. The van der Waals surface area contributed by atoms with Gasteiger partial charge in [0, 0.05) is 6.07 Å². The first-order valence-corrected chi connectivity index (χ1v) is 6.22. The molecule has 0 aliphatic carbocycles. The molecule has 0 unspecified atom stereocenters. The highest BCUT2D eigenvalue weighted by Gasteiger charge is 2.12. The van der Waals surface area contributed by atoms with Gasteiger partial charge in [-0.05, 0) is 32.0 Å². The molecule has 0 saturated carbocycles. The summed E-state index contributed by atoms with van der Waals surface area (Å²) in [6.07, 6.45) is 1.53. The van der Waals surface area contributed by atoms with Crippen LogP contribution in [0.3, 0.4) is 0 Å². The van der Waals surface area contributed by atoms with E-state index in [1.54, 1.807) is 12.1 Å². The Kier molecular flexibility index (Phi) is 4.24. The maximum Gasteiger partial charge on any atom is 0.319 e. The van der Waals surface area contributed by atoms with E-state index in [1.165, 1.54) is 13.3 Å². The van der Waals surface area contributed by atoms with E-state index in [-0.39, 0.29) is 12.1 Å². The molecule has 0 bridgehead atoms. The molecule has 0 aliphatic heterocycles. The Labute approximate surface area is 117 Å². The molecule has 2 heterocycles. The van der Waals surface area contributed by atoms with Crippen LogP contribution in [0.25, 0.3) is 0 Å². The number of pyridine rings is 1. The molecule has 0 aromatic carbocycles. The van der Waals surface area contributed by atoms with Crippen molar-refractivity contribution in [1.82, 2.24) is 10.3 Å². The number of urea groups is 1. The van der Waals surface area contributed by atoms with Gasteiger partial charge in [0.2, 0.25) is 5.88 Å².